The van der Waals surface area contributed by atoms with Gasteiger partial charge in [-0.1, -0.05) is 13.3 Å². The van der Waals surface area contributed by atoms with Crippen molar-refractivity contribution in [2.45, 2.75) is 45.6 Å². The van der Waals surface area contributed by atoms with E-state index in [4.69, 9.17) is 5.11 Å². The van der Waals surface area contributed by atoms with Crippen molar-refractivity contribution in [3.63, 3.8) is 0 Å². The van der Waals surface area contributed by atoms with E-state index in [2.05, 4.69) is 11.8 Å². The molecular weight excluding hydrogens is 178 g/mol. The van der Waals surface area contributed by atoms with Gasteiger partial charge in [0.05, 0.1) is 0 Å². The molecule has 3 nitrogen and oxygen atoms in total. The van der Waals surface area contributed by atoms with Crippen molar-refractivity contribution < 1.29 is 9.90 Å². The third-order valence-electron chi connectivity index (χ3n) is 3.51. The summed E-state index contributed by atoms with van der Waals surface area (Å²) in [5.41, 5.74) is -0.696. The highest BCUT2D eigenvalue weighted by molar-refractivity contribution is 5.77. The van der Waals surface area contributed by atoms with E-state index in [1.54, 1.807) is 13.8 Å². The Bertz CT molecular complexity index is 205. The van der Waals surface area contributed by atoms with E-state index in [0.717, 1.165) is 31.8 Å². The zero-order valence-corrected chi connectivity index (χ0v) is 9.42. The Morgan fingerprint density at radius 3 is 2.29 bits per heavy atom. The van der Waals surface area contributed by atoms with Crippen molar-refractivity contribution in [1.82, 2.24) is 4.90 Å². The number of nitrogens with zero attached hydrogens (tertiary/aromatic N) is 1. The van der Waals surface area contributed by atoms with E-state index in [9.17, 15) is 4.79 Å². The fraction of sp³-hybridized carbons (Fsp3) is 0.909. The Morgan fingerprint density at radius 1 is 1.43 bits per heavy atom. The van der Waals surface area contributed by atoms with Crippen LogP contribution in [0.2, 0.25) is 0 Å². The van der Waals surface area contributed by atoms with Gasteiger partial charge in [0.1, 0.15) is 5.54 Å². The molecule has 0 aromatic heterocycles. The third kappa shape index (κ3) is 2.27. The number of carboxylic acid groups (broad SMARTS) is 1. The summed E-state index contributed by atoms with van der Waals surface area (Å²) in [5.74, 6) is 0.0864. The molecule has 1 fully saturated rings. The van der Waals surface area contributed by atoms with Gasteiger partial charge in [-0.2, -0.15) is 0 Å². The van der Waals surface area contributed by atoms with Crippen LogP contribution in [0.4, 0.5) is 0 Å². The molecule has 1 rings (SSSR count). The summed E-state index contributed by atoms with van der Waals surface area (Å²) < 4.78 is 0. The number of aliphatic carboxylic acids is 1. The maximum Gasteiger partial charge on any atom is 0.323 e. The Kier molecular flexibility index (Phi) is 3.53. The monoisotopic (exact) mass is 199 g/mol. The van der Waals surface area contributed by atoms with Gasteiger partial charge in [0, 0.05) is 0 Å². The molecule has 1 saturated heterocycles. The van der Waals surface area contributed by atoms with Crippen LogP contribution in [0.5, 0.6) is 0 Å². The molecule has 0 spiro atoms. The first-order valence-electron chi connectivity index (χ1n) is 5.47. The molecule has 0 saturated carbocycles. The number of hydrogen-bond donors (Lipinski definition) is 1. The Labute approximate surface area is 86.1 Å². The summed E-state index contributed by atoms with van der Waals surface area (Å²) in [6.45, 7) is 7.65. The van der Waals surface area contributed by atoms with E-state index in [0.29, 0.717) is 0 Å². The molecular formula is C11H21NO2. The number of hydrogen-bond acceptors (Lipinski definition) is 2. The van der Waals surface area contributed by atoms with Crippen LogP contribution in [0.3, 0.4) is 0 Å². The largest absolute Gasteiger partial charge is 0.480 e. The lowest BCUT2D eigenvalue weighted by Crippen LogP contribution is -2.53. The molecule has 3 heteroatoms. The molecule has 0 aromatic carbocycles. The predicted octanol–water partition coefficient (Wildman–Crippen LogP) is 1.97. The molecule has 0 radical (unpaired) electrons. The van der Waals surface area contributed by atoms with E-state index >= 15 is 0 Å². The first-order chi connectivity index (χ1) is 6.48. The normalized spacial score (nSPS) is 21.1. The van der Waals surface area contributed by atoms with Crippen molar-refractivity contribution in [3.8, 4) is 0 Å². The van der Waals surface area contributed by atoms with Crippen molar-refractivity contribution >= 4 is 5.97 Å². The number of carboxylic acids is 1. The van der Waals surface area contributed by atoms with Gasteiger partial charge in [0.2, 0.25) is 0 Å². The Balaban J connectivity index is 2.53. The van der Waals surface area contributed by atoms with Gasteiger partial charge in [-0.3, -0.25) is 9.69 Å². The summed E-state index contributed by atoms with van der Waals surface area (Å²) in [5, 5.41) is 9.07. The van der Waals surface area contributed by atoms with E-state index in [1.807, 2.05) is 0 Å². The topological polar surface area (TPSA) is 40.5 Å². The highest BCUT2D eigenvalue weighted by Gasteiger charge is 2.36. The third-order valence-corrected chi connectivity index (χ3v) is 3.51. The average Bonchev–Trinajstić information content (AvgIpc) is 2.17. The molecule has 0 bridgehead atoms. The quantitative estimate of drug-likeness (QED) is 0.755. The zero-order valence-electron chi connectivity index (χ0n) is 9.42. The number of carbonyl (C=O) groups is 1. The first-order valence-corrected chi connectivity index (χ1v) is 5.47. The van der Waals surface area contributed by atoms with Gasteiger partial charge in [0.15, 0.2) is 0 Å². The number of rotatable bonds is 3. The highest BCUT2D eigenvalue weighted by Crippen LogP contribution is 2.25. The maximum absolute atomic E-state index is 11.0. The molecule has 14 heavy (non-hydrogen) atoms. The Morgan fingerprint density at radius 2 is 1.93 bits per heavy atom. The fourth-order valence-corrected chi connectivity index (χ4v) is 2.04. The van der Waals surface area contributed by atoms with Crippen LogP contribution in [-0.2, 0) is 4.79 Å². The molecule has 82 valence electrons. The van der Waals surface area contributed by atoms with E-state index in [-0.39, 0.29) is 0 Å². The number of piperidine rings is 1. The summed E-state index contributed by atoms with van der Waals surface area (Å²) in [4.78, 5) is 13.1. The first kappa shape index (κ1) is 11.5. The van der Waals surface area contributed by atoms with Gasteiger partial charge in [-0.25, -0.2) is 0 Å². The van der Waals surface area contributed by atoms with Crippen LogP contribution in [0.15, 0.2) is 0 Å². The summed E-state index contributed by atoms with van der Waals surface area (Å²) in [7, 11) is 0. The predicted molar refractivity (Wildman–Crippen MR) is 56.3 cm³/mol. The number of likely N-dealkylation sites (tertiary alicyclic amines) is 1. The van der Waals surface area contributed by atoms with E-state index < -0.39 is 11.5 Å². The van der Waals surface area contributed by atoms with Crippen molar-refractivity contribution in [1.29, 1.82) is 0 Å². The molecule has 0 aromatic rings. The minimum absolute atomic E-state index is 0.696. The van der Waals surface area contributed by atoms with Gasteiger partial charge in [-0.05, 0) is 45.7 Å². The van der Waals surface area contributed by atoms with Crippen LogP contribution in [0, 0.1) is 5.92 Å². The summed E-state index contributed by atoms with van der Waals surface area (Å²) >= 11 is 0. The second-order valence-electron chi connectivity index (χ2n) is 4.70. The minimum Gasteiger partial charge on any atom is -0.480 e. The van der Waals surface area contributed by atoms with E-state index in [1.165, 1.54) is 6.42 Å². The molecule has 0 unspecified atom stereocenters. The van der Waals surface area contributed by atoms with Gasteiger partial charge >= 0.3 is 5.97 Å². The molecule has 0 atom stereocenters. The second kappa shape index (κ2) is 4.30. The summed E-state index contributed by atoms with van der Waals surface area (Å²) in [6, 6.07) is 0. The molecule has 1 aliphatic heterocycles. The SMILES string of the molecule is CCC1CCN(C(C)(C)C(=O)O)CC1. The highest BCUT2D eigenvalue weighted by atomic mass is 16.4. The van der Waals surface area contributed by atoms with Crippen LogP contribution in [0.1, 0.15) is 40.0 Å². The molecule has 1 heterocycles. The van der Waals surface area contributed by atoms with Gasteiger partial charge in [0.25, 0.3) is 0 Å². The molecule has 1 N–H and O–H groups in total. The Hall–Kier alpha value is -0.570. The average molecular weight is 199 g/mol. The lowest BCUT2D eigenvalue weighted by Gasteiger charge is -2.40. The molecule has 0 aliphatic carbocycles. The van der Waals surface area contributed by atoms with Crippen molar-refractivity contribution in [3.05, 3.63) is 0 Å². The zero-order chi connectivity index (χ0) is 10.8. The smallest absolute Gasteiger partial charge is 0.323 e. The minimum atomic E-state index is -0.715. The molecule has 0 amide bonds. The maximum atomic E-state index is 11.0. The van der Waals surface area contributed by atoms with Crippen LogP contribution >= 0.6 is 0 Å². The lowest BCUT2D eigenvalue weighted by atomic mass is 9.91. The van der Waals surface area contributed by atoms with Crippen LogP contribution in [0.25, 0.3) is 0 Å². The fourth-order valence-electron chi connectivity index (χ4n) is 2.04. The molecule has 1 aliphatic rings. The van der Waals surface area contributed by atoms with Gasteiger partial charge in [-0.15, -0.1) is 0 Å². The second-order valence-corrected chi connectivity index (χ2v) is 4.70. The van der Waals surface area contributed by atoms with Crippen molar-refractivity contribution in [2.24, 2.45) is 5.92 Å². The summed E-state index contributed by atoms with van der Waals surface area (Å²) in [6.07, 6.45) is 3.52. The lowest BCUT2D eigenvalue weighted by molar-refractivity contribution is -0.150. The van der Waals surface area contributed by atoms with Gasteiger partial charge < -0.3 is 5.11 Å². The standard InChI is InChI=1S/C11H21NO2/c1-4-9-5-7-12(8-6-9)11(2,3)10(13)14/h9H,4-8H2,1-3H3,(H,13,14). The van der Waals surface area contributed by atoms with Crippen molar-refractivity contribution in [2.75, 3.05) is 13.1 Å². The van der Waals surface area contributed by atoms with Crippen LogP contribution in [-0.4, -0.2) is 34.6 Å². The van der Waals surface area contributed by atoms with Crippen LogP contribution < -0.4 is 0 Å².